The van der Waals surface area contributed by atoms with Gasteiger partial charge in [-0.05, 0) is 30.7 Å². The third-order valence-corrected chi connectivity index (χ3v) is 3.87. The van der Waals surface area contributed by atoms with Gasteiger partial charge in [-0.25, -0.2) is 4.79 Å². The molecular weight excluding hydrogens is 337 g/mol. The van der Waals surface area contributed by atoms with E-state index in [9.17, 15) is 18.0 Å². The van der Waals surface area contributed by atoms with E-state index in [1.807, 2.05) is 0 Å². The third-order valence-electron chi connectivity index (χ3n) is 3.87. The van der Waals surface area contributed by atoms with E-state index in [1.165, 1.54) is 24.3 Å². The van der Waals surface area contributed by atoms with Crippen molar-refractivity contribution in [3.05, 3.63) is 36.8 Å². The molecule has 8 heteroatoms. The molecule has 1 radical (unpaired) electrons. The first-order valence-corrected chi connectivity index (χ1v) is 8.15. The Balaban J connectivity index is 1.73. The summed E-state index contributed by atoms with van der Waals surface area (Å²) < 4.78 is 45.3. The van der Waals surface area contributed by atoms with Crippen molar-refractivity contribution in [2.24, 2.45) is 0 Å². The first-order chi connectivity index (χ1) is 11.9. The Morgan fingerprint density at radius 1 is 1.12 bits per heavy atom. The van der Waals surface area contributed by atoms with Gasteiger partial charge in [0.2, 0.25) is 0 Å². The quantitative estimate of drug-likeness (QED) is 0.780. The van der Waals surface area contributed by atoms with Crippen molar-refractivity contribution < 1.29 is 27.4 Å². The maximum absolute atomic E-state index is 12.1. The summed E-state index contributed by atoms with van der Waals surface area (Å²) in [6, 6.07) is 5.26. The topological polar surface area (TPSA) is 42.0 Å². The average Bonchev–Trinajstić information content (AvgIpc) is 2.58. The van der Waals surface area contributed by atoms with Gasteiger partial charge >= 0.3 is 12.5 Å². The third kappa shape index (κ3) is 6.81. The first kappa shape index (κ1) is 19.4. The fourth-order valence-corrected chi connectivity index (χ4v) is 2.51. The van der Waals surface area contributed by atoms with E-state index in [0.29, 0.717) is 18.7 Å². The lowest BCUT2D eigenvalue weighted by Gasteiger charge is -2.34. The van der Waals surface area contributed by atoms with Crippen LogP contribution in [0, 0.1) is 6.92 Å². The number of carbonyl (C=O) groups excluding carboxylic acids is 1. The molecule has 0 spiro atoms. The zero-order valence-electron chi connectivity index (χ0n) is 13.9. The number of hydrogen-bond acceptors (Lipinski definition) is 4. The van der Waals surface area contributed by atoms with Crippen LogP contribution in [0.2, 0.25) is 0 Å². The highest BCUT2D eigenvalue weighted by molar-refractivity contribution is 5.67. The van der Waals surface area contributed by atoms with Crippen molar-refractivity contribution in [1.82, 2.24) is 9.80 Å². The highest BCUT2D eigenvalue weighted by atomic mass is 19.4. The number of halogens is 3. The molecule has 1 saturated heterocycles. The minimum Gasteiger partial charge on any atom is -0.445 e. The number of piperazine rings is 1. The van der Waals surface area contributed by atoms with E-state index >= 15 is 0 Å². The van der Waals surface area contributed by atoms with Gasteiger partial charge in [-0.3, -0.25) is 4.90 Å². The number of benzene rings is 1. The van der Waals surface area contributed by atoms with E-state index in [2.05, 4.69) is 16.6 Å². The average molecular weight is 359 g/mol. The molecule has 0 saturated carbocycles. The largest absolute Gasteiger partial charge is 0.573 e. The molecule has 1 aliphatic heterocycles. The summed E-state index contributed by atoms with van der Waals surface area (Å²) >= 11 is 0. The predicted molar refractivity (Wildman–Crippen MR) is 85.9 cm³/mol. The van der Waals surface area contributed by atoms with Crippen LogP contribution in [-0.4, -0.2) is 55.0 Å². The summed E-state index contributed by atoms with van der Waals surface area (Å²) in [7, 11) is 0. The second kappa shape index (κ2) is 8.94. The minimum atomic E-state index is -4.72. The van der Waals surface area contributed by atoms with Crippen molar-refractivity contribution in [1.29, 1.82) is 0 Å². The molecule has 0 aromatic heterocycles. The number of amides is 1. The van der Waals surface area contributed by atoms with Crippen LogP contribution >= 0.6 is 0 Å². The molecule has 1 aliphatic rings. The number of hydrogen-bond donors (Lipinski definition) is 0. The minimum absolute atomic E-state index is 0.00680. The number of ether oxygens (including phenoxy) is 2. The van der Waals surface area contributed by atoms with Crippen molar-refractivity contribution in [3.8, 4) is 5.75 Å². The molecule has 1 fully saturated rings. The summed E-state index contributed by atoms with van der Waals surface area (Å²) in [5.74, 6) is -0.305. The van der Waals surface area contributed by atoms with Crippen LogP contribution < -0.4 is 4.74 Å². The zero-order chi connectivity index (χ0) is 18.3. The van der Waals surface area contributed by atoms with Crippen LogP contribution in [0.4, 0.5) is 18.0 Å². The van der Waals surface area contributed by atoms with Gasteiger partial charge in [0, 0.05) is 26.2 Å². The molecule has 0 unspecified atom stereocenters. The molecular formula is C17H22F3N2O3. The molecule has 0 bridgehead atoms. The van der Waals surface area contributed by atoms with Gasteiger partial charge in [-0.2, -0.15) is 0 Å². The Bertz CT molecular complexity index is 541. The van der Waals surface area contributed by atoms with Gasteiger partial charge in [-0.15, -0.1) is 13.2 Å². The highest BCUT2D eigenvalue weighted by Gasteiger charge is 2.31. The van der Waals surface area contributed by atoms with Crippen LogP contribution in [0.3, 0.4) is 0 Å². The summed E-state index contributed by atoms with van der Waals surface area (Å²) in [6.45, 7) is 7.63. The van der Waals surface area contributed by atoms with E-state index in [-0.39, 0.29) is 12.4 Å². The Labute approximate surface area is 145 Å². The van der Waals surface area contributed by atoms with Crippen molar-refractivity contribution in [2.75, 3.05) is 32.7 Å². The van der Waals surface area contributed by atoms with Gasteiger partial charge < -0.3 is 14.4 Å². The Kier molecular flexibility index (Phi) is 6.92. The van der Waals surface area contributed by atoms with E-state index < -0.39 is 12.5 Å². The molecule has 0 aliphatic carbocycles. The number of nitrogens with zero attached hydrogens (tertiary/aromatic N) is 2. The Morgan fingerprint density at radius 3 is 2.32 bits per heavy atom. The van der Waals surface area contributed by atoms with E-state index in [4.69, 9.17) is 4.74 Å². The van der Waals surface area contributed by atoms with Gasteiger partial charge in [0.25, 0.3) is 0 Å². The van der Waals surface area contributed by atoms with Gasteiger partial charge in [0.1, 0.15) is 12.4 Å². The monoisotopic (exact) mass is 359 g/mol. The summed E-state index contributed by atoms with van der Waals surface area (Å²) in [5, 5.41) is 0. The maximum atomic E-state index is 12.1. The summed E-state index contributed by atoms with van der Waals surface area (Å²) in [6.07, 6.45) is -3.19. The molecule has 0 atom stereocenters. The molecule has 139 valence electrons. The standard InChI is InChI=1S/C17H22F3N2O3/c1-2-3-8-21-9-11-22(12-10-21)16(23)24-13-14-4-6-15(7-5-14)25-17(18,19)20/h4-7H,1-3,8-13H2. The van der Waals surface area contributed by atoms with Crippen molar-refractivity contribution in [3.63, 3.8) is 0 Å². The highest BCUT2D eigenvalue weighted by Crippen LogP contribution is 2.23. The normalized spacial score (nSPS) is 15.9. The molecule has 1 heterocycles. The van der Waals surface area contributed by atoms with Crippen LogP contribution in [0.1, 0.15) is 18.4 Å². The fourth-order valence-electron chi connectivity index (χ4n) is 2.51. The summed E-state index contributed by atoms with van der Waals surface area (Å²) in [4.78, 5) is 16.0. The molecule has 1 aromatic rings. The first-order valence-electron chi connectivity index (χ1n) is 8.15. The molecule has 0 N–H and O–H groups in total. The van der Waals surface area contributed by atoms with Gasteiger partial charge in [0.15, 0.2) is 0 Å². The lowest BCUT2D eigenvalue weighted by atomic mass is 10.2. The second-order valence-electron chi connectivity index (χ2n) is 5.78. The van der Waals surface area contributed by atoms with Crippen LogP contribution in [-0.2, 0) is 11.3 Å². The molecule has 2 rings (SSSR count). The lowest BCUT2D eigenvalue weighted by molar-refractivity contribution is -0.274. The number of unbranched alkanes of at least 4 members (excludes halogenated alkanes) is 1. The molecule has 1 amide bonds. The van der Waals surface area contributed by atoms with Crippen LogP contribution in [0.5, 0.6) is 5.75 Å². The zero-order valence-corrected chi connectivity index (χ0v) is 13.9. The maximum Gasteiger partial charge on any atom is 0.573 e. The van der Waals surface area contributed by atoms with Crippen LogP contribution in [0.15, 0.2) is 24.3 Å². The van der Waals surface area contributed by atoms with E-state index in [1.54, 1.807) is 4.90 Å². The number of carbonyl (C=O) groups is 1. The molecule has 25 heavy (non-hydrogen) atoms. The van der Waals surface area contributed by atoms with Gasteiger partial charge in [-0.1, -0.05) is 25.5 Å². The van der Waals surface area contributed by atoms with Crippen molar-refractivity contribution in [2.45, 2.75) is 25.8 Å². The Hall–Kier alpha value is -1.96. The number of rotatable bonds is 6. The van der Waals surface area contributed by atoms with Gasteiger partial charge in [0.05, 0.1) is 0 Å². The summed E-state index contributed by atoms with van der Waals surface area (Å²) in [5.41, 5.74) is 0.594. The Morgan fingerprint density at radius 2 is 1.76 bits per heavy atom. The van der Waals surface area contributed by atoms with Crippen molar-refractivity contribution >= 4 is 6.09 Å². The predicted octanol–water partition coefficient (Wildman–Crippen LogP) is 3.45. The fraction of sp³-hybridized carbons (Fsp3) is 0.529. The van der Waals surface area contributed by atoms with Crippen LogP contribution in [0.25, 0.3) is 0 Å². The molecule has 5 nitrogen and oxygen atoms in total. The van der Waals surface area contributed by atoms with E-state index in [0.717, 1.165) is 32.5 Å². The number of alkyl halides is 3. The SMILES string of the molecule is [CH2]CCCN1CCN(C(=O)OCc2ccc(OC(F)(F)F)cc2)CC1. The second-order valence-corrected chi connectivity index (χ2v) is 5.78. The molecule has 1 aromatic carbocycles. The smallest absolute Gasteiger partial charge is 0.445 e. The lowest BCUT2D eigenvalue weighted by Crippen LogP contribution is -2.48.